The summed E-state index contributed by atoms with van der Waals surface area (Å²) in [5.74, 6) is 1.31. The van der Waals surface area contributed by atoms with Crippen molar-refractivity contribution < 1.29 is 0 Å². The molecule has 5 aliphatic rings. The van der Waals surface area contributed by atoms with Gasteiger partial charge in [-0.15, -0.1) is 0 Å². The summed E-state index contributed by atoms with van der Waals surface area (Å²) in [6.45, 7) is 0. The van der Waals surface area contributed by atoms with E-state index in [0.717, 1.165) is 35.5 Å². The van der Waals surface area contributed by atoms with Crippen molar-refractivity contribution >= 4 is 17.0 Å². The topological polar surface area (TPSA) is 27.6 Å². The first-order chi connectivity index (χ1) is 22.8. The highest BCUT2D eigenvalue weighted by Gasteiger charge is 2.63. The fourth-order valence-electron chi connectivity index (χ4n) is 9.18. The molecule has 46 heavy (non-hydrogen) atoms. The summed E-state index contributed by atoms with van der Waals surface area (Å²) in [7, 11) is 0. The van der Waals surface area contributed by atoms with E-state index >= 15 is 0 Å². The SMILES string of the molecule is C1=CC2=C(CC1)c1ccccc1C21c2ccccc2C2C1c1ccccc1N2C1=CC(c2ccccc2)=NC(c2ccccc2)N1. The predicted molar refractivity (Wildman–Crippen MR) is 187 cm³/mol. The van der Waals surface area contributed by atoms with Gasteiger partial charge in [0.15, 0.2) is 0 Å². The third kappa shape index (κ3) is 3.40. The molecule has 0 saturated carbocycles. The Morgan fingerprint density at radius 2 is 1.39 bits per heavy atom. The third-order valence-corrected chi connectivity index (χ3v) is 10.8. The molecule has 3 nitrogen and oxygen atoms in total. The minimum Gasteiger partial charge on any atom is -0.346 e. The summed E-state index contributed by atoms with van der Waals surface area (Å²) in [6, 6.07) is 49.0. The van der Waals surface area contributed by atoms with Crippen LogP contribution in [0.15, 0.2) is 168 Å². The second-order valence-corrected chi connectivity index (χ2v) is 13.0. The fourth-order valence-corrected chi connectivity index (χ4v) is 9.18. The average molecular weight is 592 g/mol. The number of hydrogen-bond acceptors (Lipinski definition) is 3. The molecule has 0 radical (unpaired) electrons. The highest BCUT2D eigenvalue weighted by molar-refractivity contribution is 6.10. The van der Waals surface area contributed by atoms with Crippen LogP contribution < -0.4 is 10.2 Å². The zero-order chi connectivity index (χ0) is 30.2. The summed E-state index contributed by atoms with van der Waals surface area (Å²) in [5, 5.41) is 3.92. The van der Waals surface area contributed by atoms with E-state index in [1.165, 1.54) is 44.7 Å². The van der Waals surface area contributed by atoms with Crippen molar-refractivity contribution in [1.29, 1.82) is 0 Å². The molecule has 5 aromatic rings. The van der Waals surface area contributed by atoms with Crippen molar-refractivity contribution in [1.82, 2.24) is 5.32 Å². The number of hydrogen-bond donors (Lipinski definition) is 1. The maximum Gasteiger partial charge on any atom is 0.146 e. The lowest BCUT2D eigenvalue weighted by Gasteiger charge is -2.37. The first kappa shape index (κ1) is 25.9. The Hall–Kier alpha value is -5.41. The number of rotatable bonds is 3. The number of aliphatic imine (C=N–C) groups is 1. The molecule has 1 N–H and O–H groups in total. The third-order valence-electron chi connectivity index (χ3n) is 10.8. The number of para-hydroxylation sites is 1. The van der Waals surface area contributed by atoms with Crippen molar-refractivity contribution in [2.24, 2.45) is 4.99 Å². The molecular formula is C43H33N3. The van der Waals surface area contributed by atoms with Crippen molar-refractivity contribution in [3.8, 4) is 0 Å². The molecule has 3 heteroatoms. The Morgan fingerprint density at radius 1 is 0.696 bits per heavy atom. The molecule has 0 fully saturated rings. The van der Waals surface area contributed by atoms with Crippen LogP contribution in [0, 0.1) is 0 Å². The van der Waals surface area contributed by atoms with Crippen molar-refractivity contribution in [3.63, 3.8) is 0 Å². The van der Waals surface area contributed by atoms with Crippen LogP contribution in [-0.4, -0.2) is 5.71 Å². The monoisotopic (exact) mass is 591 g/mol. The van der Waals surface area contributed by atoms with E-state index in [9.17, 15) is 0 Å². The molecule has 0 bridgehead atoms. The van der Waals surface area contributed by atoms with Crippen molar-refractivity contribution in [2.75, 3.05) is 4.90 Å². The second-order valence-electron chi connectivity index (χ2n) is 13.0. The maximum absolute atomic E-state index is 5.27. The van der Waals surface area contributed by atoms with Gasteiger partial charge in [0.05, 0.1) is 17.2 Å². The highest BCUT2D eigenvalue weighted by atomic mass is 15.3. The standard InChI is InChI=1S/C43H33N3/c1-3-15-28(16-4-1)37-27-39(45-42(44-37)29-17-5-2-6-18-29)46-38-26-14-10-22-33(38)40-41(46)32-21-9-13-25-36(32)43(40)34-23-11-7-19-30(34)31-20-8-12-24-35(31)43/h1-7,9-19,21-27,40-42,45H,8,20H2. The Bertz CT molecular complexity index is 2160. The van der Waals surface area contributed by atoms with Crippen LogP contribution >= 0.6 is 0 Å². The van der Waals surface area contributed by atoms with Gasteiger partial charge in [-0.25, -0.2) is 0 Å². The zero-order valence-corrected chi connectivity index (χ0v) is 25.5. The molecule has 4 atom stereocenters. The number of nitrogens with one attached hydrogen (secondary N) is 1. The Kier molecular flexibility index (Phi) is 5.51. The largest absolute Gasteiger partial charge is 0.346 e. The summed E-state index contributed by atoms with van der Waals surface area (Å²) >= 11 is 0. The molecule has 0 amide bonds. The van der Waals surface area contributed by atoms with E-state index in [1.807, 2.05) is 0 Å². The first-order valence-electron chi connectivity index (χ1n) is 16.5. The van der Waals surface area contributed by atoms with Gasteiger partial charge >= 0.3 is 0 Å². The van der Waals surface area contributed by atoms with Crippen LogP contribution in [0.1, 0.15) is 69.9 Å². The van der Waals surface area contributed by atoms with Crippen LogP contribution in [0.4, 0.5) is 5.69 Å². The van der Waals surface area contributed by atoms with E-state index in [-0.39, 0.29) is 23.5 Å². The molecule has 0 aromatic heterocycles. The summed E-state index contributed by atoms with van der Waals surface area (Å²) in [5.41, 5.74) is 14.5. The van der Waals surface area contributed by atoms with Gasteiger partial charge in [0, 0.05) is 17.7 Å². The van der Waals surface area contributed by atoms with Gasteiger partial charge in [-0.2, -0.15) is 0 Å². The quantitative estimate of drug-likeness (QED) is 0.226. The number of fused-ring (bicyclic) bond motifs is 11. The Morgan fingerprint density at radius 3 is 2.24 bits per heavy atom. The molecule has 2 aliphatic heterocycles. The smallest absolute Gasteiger partial charge is 0.146 e. The molecule has 10 rings (SSSR count). The maximum atomic E-state index is 5.27. The minimum absolute atomic E-state index is 0.120. The van der Waals surface area contributed by atoms with Gasteiger partial charge in [-0.1, -0.05) is 140 Å². The van der Waals surface area contributed by atoms with Crippen molar-refractivity contribution in [3.05, 3.63) is 202 Å². The summed E-state index contributed by atoms with van der Waals surface area (Å²) in [6.07, 6.45) is 9.14. The van der Waals surface area contributed by atoms with Gasteiger partial charge in [0.25, 0.3) is 0 Å². The van der Waals surface area contributed by atoms with Crippen LogP contribution in [0.5, 0.6) is 0 Å². The normalized spacial score (nSPS) is 24.9. The summed E-state index contributed by atoms with van der Waals surface area (Å²) in [4.78, 5) is 7.88. The lowest BCUT2D eigenvalue weighted by molar-refractivity contribution is 0.470. The van der Waals surface area contributed by atoms with Crippen molar-refractivity contribution in [2.45, 2.75) is 36.4 Å². The van der Waals surface area contributed by atoms with Gasteiger partial charge in [-0.05, 0) is 69.0 Å². The summed E-state index contributed by atoms with van der Waals surface area (Å²) < 4.78 is 0. The van der Waals surface area contributed by atoms with E-state index in [0.29, 0.717) is 0 Å². The Labute approximate surface area is 270 Å². The van der Waals surface area contributed by atoms with E-state index < -0.39 is 0 Å². The Balaban J connectivity index is 1.22. The van der Waals surface area contributed by atoms with Gasteiger partial charge in [0.1, 0.15) is 12.0 Å². The second kappa shape index (κ2) is 9.79. The van der Waals surface area contributed by atoms with Crippen LogP contribution in [0.2, 0.25) is 0 Å². The van der Waals surface area contributed by atoms with Gasteiger partial charge < -0.3 is 10.2 Å². The molecule has 3 aliphatic carbocycles. The molecule has 220 valence electrons. The zero-order valence-electron chi connectivity index (χ0n) is 25.5. The average Bonchev–Trinajstić information content (AvgIpc) is 3.74. The number of anilines is 1. The van der Waals surface area contributed by atoms with Crippen LogP contribution in [-0.2, 0) is 5.41 Å². The molecular weight excluding hydrogens is 558 g/mol. The first-order valence-corrected chi connectivity index (χ1v) is 16.5. The van der Waals surface area contributed by atoms with E-state index in [4.69, 9.17) is 4.99 Å². The van der Waals surface area contributed by atoms with E-state index in [1.54, 1.807) is 0 Å². The lowest BCUT2D eigenvalue weighted by Crippen LogP contribution is -2.38. The predicted octanol–water partition coefficient (Wildman–Crippen LogP) is 9.38. The number of nitrogens with zero attached hydrogens (tertiary/aromatic N) is 2. The molecule has 0 saturated heterocycles. The lowest BCUT2D eigenvalue weighted by atomic mass is 9.64. The molecule has 1 spiro atoms. The number of benzene rings is 5. The highest BCUT2D eigenvalue weighted by Crippen LogP contribution is 2.71. The molecule has 5 aromatic carbocycles. The number of allylic oxidation sites excluding steroid dienone is 5. The van der Waals surface area contributed by atoms with E-state index in [2.05, 4.69) is 162 Å². The molecule has 4 unspecified atom stereocenters. The van der Waals surface area contributed by atoms with Gasteiger partial charge in [0.2, 0.25) is 0 Å². The minimum atomic E-state index is -0.251. The van der Waals surface area contributed by atoms with Crippen LogP contribution in [0.3, 0.4) is 0 Å². The molecule has 2 heterocycles. The fraction of sp³-hybridized carbons (Fsp3) is 0.140. The van der Waals surface area contributed by atoms with Crippen LogP contribution in [0.25, 0.3) is 5.57 Å². The van der Waals surface area contributed by atoms with Gasteiger partial charge in [-0.3, -0.25) is 4.99 Å².